The van der Waals surface area contributed by atoms with Crippen LogP contribution in [0.1, 0.15) is 38.7 Å². The lowest BCUT2D eigenvalue weighted by atomic mass is 9.89. The molecule has 2 amide bonds. The van der Waals surface area contributed by atoms with E-state index in [4.69, 9.17) is 4.74 Å². The molecule has 2 heterocycles. The monoisotopic (exact) mass is 431 g/mol. The van der Waals surface area contributed by atoms with Crippen LogP contribution in [0.5, 0.6) is 5.75 Å². The molecule has 4 rings (SSSR count). The van der Waals surface area contributed by atoms with Gasteiger partial charge in [-0.2, -0.15) is 0 Å². The number of carbonyl (C=O) groups excluding carboxylic acids is 2. The second kappa shape index (κ2) is 8.61. The Morgan fingerprint density at radius 2 is 1.78 bits per heavy atom. The molecule has 6 heteroatoms. The number of benzene rings is 2. The lowest BCUT2D eigenvalue weighted by Crippen LogP contribution is -2.49. The first kappa shape index (κ1) is 21.8. The molecule has 1 N–H and O–H groups in total. The van der Waals surface area contributed by atoms with Crippen molar-refractivity contribution in [3.05, 3.63) is 66.4 Å². The van der Waals surface area contributed by atoms with Gasteiger partial charge in [-0.25, -0.2) is 0 Å². The minimum Gasteiger partial charge on any atom is -0.497 e. The molecule has 0 unspecified atom stereocenters. The summed E-state index contributed by atoms with van der Waals surface area (Å²) in [4.78, 5) is 33.1. The van der Waals surface area contributed by atoms with Crippen molar-refractivity contribution in [3.8, 4) is 5.75 Å². The van der Waals surface area contributed by atoms with Gasteiger partial charge in [0.15, 0.2) is 0 Å². The van der Waals surface area contributed by atoms with Gasteiger partial charge < -0.3 is 15.0 Å². The van der Waals surface area contributed by atoms with Crippen molar-refractivity contribution in [3.63, 3.8) is 0 Å². The van der Waals surface area contributed by atoms with Crippen molar-refractivity contribution in [2.45, 2.75) is 39.2 Å². The van der Waals surface area contributed by atoms with Crippen molar-refractivity contribution in [1.82, 2.24) is 9.88 Å². The zero-order chi connectivity index (χ0) is 22.9. The lowest BCUT2D eigenvalue weighted by Gasteiger charge is -2.32. The van der Waals surface area contributed by atoms with Gasteiger partial charge >= 0.3 is 0 Å². The third kappa shape index (κ3) is 4.17. The number of ether oxygens (including phenoxy) is 1. The molecule has 0 bridgehead atoms. The molecule has 1 aliphatic rings. The first-order chi connectivity index (χ1) is 15.3. The average molecular weight is 432 g/mol. The van der Waals surface area contributed by atoms with Crippen molar-refractivity contribution < 1.29 is 14.3 Å². The number of amides is 2. The molecule has 1 saturated heterocycles. The summed E-state index contributed by atoms with van der Waals surface area (Å²) >= 11 is 0. The third-order valence-corrected chi connectivity index (χ3v) is 6.00. The highest BCUT2D eigenvalue weighted by molar-refractivity contribution is 6.04. The van der Waals surface area contributed by atoms with Crippen LogP contribution in [0.15, 0.2) is 60.8 Å². The molecule has 0 aliphatic carbocycles. The molecular weight excluding hydrogens is 402 g/mol. The van der Waals surface area contributed by atoms with E-state index in [0.29, 0.717) is 12.2 Å². The number of nitrogens with zero attached hydrogens (tertiary/aromatic N) is 2. The molecular formula is C26H29N3O3. The van der Waals surface area contributed by atoms with Crippen LogP contribution in [0.25, 0.3) is 10.9 Å². The van der Waals surface area contributed by atoms with Gasteiger partial charge in [0.05, 0.1) is 18.3 Å². The molecule has 32 heavy (non-hydrogen) atoms. The van der Waals surface area contributed by atoms with Crippen molar-refractivity contribution >= 4 is 28.4 Å². The molecule has 2 atom stereocenters. The number of methoxy groups -OCH3 is 1. The molecule has 0 radical (unpaired) electrons. The Balaban J connectivity index is 1.69. The van der Waals surface area contributed by atoms with Gasteiger partial charge in [0.2, 0.25) is 11.8 Å². The predicted octanol–water partition coefficient (Wildman–Crippen LogP) is 4.61. The third-order valence-electron chi connectivity index (χ3n) is 6.00. The summed E-state index contributed by atoms with van der Waals surface area (Å²) in [7, 11) is 1.63. The van der Waals surface area contributed by atoms with Gasteiger partial charge in [-0.3, -0.25) is 14.6 Å². The van der Waals surface area contributed by atoms with Crippen LogP contribution >= 0.6 is 0 Å². The first-order valence-corrected chi connectivity index (χ1v) is 10.9. The Morgan fingerprint density at radius 3 is 2.47 bits per heavy atom. The number of aromatic nitrogens is 1. The number of hydrogen-bond donors (Lipinski definition) is 1. The summed E-state index contributed by atoms with van der Waals surface area (Å²) in [5.41, 5.74) is 1.83. The average Bonchev–Trinajstić information content (AvgIpc) is 3.23. The Morgan fingerprint density at radius 1 is 1.06 bits per heavy atom. The van der Waals surface area contributed by atoms with E-state index in [1.54, 1.807) is 18.2 Å². The molecule has 1 fully saturated rings. The number of hydrogen-bond acceptors (Lipinski definition) is 4. The zero-order valence-corrected chi connectivity index (χ0v) is 19.0. The fourth-order valence-corrected chi connectivity index (χ4v) is 4.39. The second-order valence-corrected chi connectivity index (χ2v) is 9.23. The van der Waals surface area contributed by atoms with E-state index in [-0.39, 0.29) is 17.7 Å². The van der Waals surface area contributed by atoms with Gasteiger partial charge in [0, 0.05) is 29.5 Å². The lowest BCUT2D eigenvalue weighted by molar-refractivity contribution is -0.143. The molecule has 0 saturated carbocycles. The summed E-state index contributed by atoms with van der Waals surface area (Å²) in [6.07, 6.45) is 2.43. The highest BCUT2D eigenvalue weighted by Crippen LogP contribution is 2.37. The van der Waals surface area contributed by atoms with Crippen LogP contribution in [0.2, 0.25) is 0 Å². The van der Waals surface area contributed by atoms with Crippen LogP contribution in [-0.4, -0.2) is 41.4 Å². The molecule has 6 nitrogen and oxygen atoms in total. The smallest absolute Gasteiger partial charge is 0.247 e. The molecule has 0 spiro atoms. The number of anilines is 1. The summed E-state index contributed by atoms with van der Waals surface area (Å²) < 4.78 is 5.28. The minimum atomic E-state index is -0.603. The van der Waals surface area contributed by atoms with E-state index in [0.717, 1.165) is 28.6 Å². The summed E-state index contributed by atoms with van der Waals surface area (Å²) in [6, 6.07) is 16.7. The van der Waals surface area contributed by atoms with Crippen LogP contribution in [-0.2, 0) is 9.59 Å². The van der Waals surface area contributed by atoms with Crippen LogP contribution in [0.3, 0.4) is 0 Å². The van der Waals surface area contributed by atoms with E-state index >= 15 is 0 Å². The number of rotatable bonds is 4. The number of fused-ring (bicyclic) bond motifs is 1. The molecule has 1 aliphatic heterocycles. The Hall–Kier alpha value is -3.41. The van der Waals surface area contributed by atoms with Crippen LogP contribution < -0.4 is 10.1 Å². The van der Waals surface area contributed by atoms with E-state index in [1.807, 2.05) is 75.4 Å². The highest BCUT2D eigenvalue weighted by Gasteiger charge is 2.45. The zero-order valence-electron chi connectivity index (χ0n) is 19.0. The number of carbonyl (C=O) groups is 2. The van der Waals surface area contributed by atoms with Crippen LogP contribution in [0, 0.1) is 5.41 Å². The van der Waals surface area contributed by atoms with Gasteiger partial charge in [-0.1, -0.05) is 51.1 Å². The number of para-hydroxylation sites is 1. The maximum Gasteiger partial charge on any atom is 0.247 e. The summed E-state index contributed by atoms with van der Waals surface area (Å²) in [6.45, 7) is 6.21. The maximum absolute atomic E-state index is 13.6. The number of nitrogens with one attached hydrogen (secondary N) is 1. The fourth-order valence-electron chi connectivity index (χ4n) is 4.39. The number of pyridine rings is 1. The van der Waals surface area contributed by atoms with E-state index in [9.17, 15) is 9.59 Å². The SMILES string of the molecule is COc1ccc([C@@H]2CCN(C(=O)C(C)(C)C)[C@@H]2C(=O)Nc2cccc3cccnc23)cc1. The Kier molecular flexibility index (Phi) is 5.87. The van der Waals surface area contributed by atoms with E-state index in [1.165, 1.54) is 0 Å². The highest BCUT2D eigenvalue weighted by atomic mass is 16.5. The largest absolute Gasteiger partial charge is 0.497 e. The normalized spacial score (nSPS) is 18.6. The van der Waals surface area contributed by atoms with Crippen molar-refractivity contribution in [1.29, 1.82) is 0 Å². The fraction of sp³-hybridized carbons (Fsp3) is 0.346. The van der Waals surface area contributed by atoms with E-state index < -0.39 is 11.5 Å². The van der Waals surface area contributed by atoms with Gasteiger partial charge in [-0.05, 0) is 36.2 Å². The van der Waals surface area contributed by atoms with Gasteiger partial charge in [0.1, 0.15) is 11.8 Å². The molecule has 1 aromatic heterocycles. The standard InChI is InChI=1S/C26H29N3O3/c1-26(2,3)25(31)29-16-14-20(17-10-12-19(32-4)13-11-17)23(29)24(30)28-21-9-5-7-18-8-6-15-27-22(18)21/h5-13,15,20,23H,14,16H2,1-4H3,(H,28,30)/t20-,23-/m0/s1. The summed E-state index contributed by atoms with van der Waals surface area (Å²) in [5.74, 6) is 0.441. The minimum absolute atomic E-state index is 0.0234. The Labute approximate surface area is 188 Å². The van der Waals surface area contributed by atoms with E-state index in [2.05, 4.69) is 10.3 Å². The van der Waals surface area contributed by atoms with Gasteiger partial charge in [0.25, 0.3) is 0 Å². The Bertz CT molecular complexity index is 1130. The van der Waals surface area contributed by atoms with Crippen LogP contribution in [0.4, 0.5) is 5.69 Å². The maximum atomic E-state index is 13.6. The molecule has 3 aromatic rings. The first-order valence-electron chi connectivity index (χ1n) is 10.9. The number of likely N-dealkylation sites (tertiary alicyclic amines) is 1. The quantitative estimate of drug-likeness (QED) is 0.655. The van der Waals surface area contributed by atoms with Crippen molar-refractivity contribution in [2.75, 3.05) is 19.0 Å². The second-order valence-electron chi connectivity index (χ2n) is 9.23. The van der Waals surface area contributed by atoms with Crippen molar-refractivity contribution in [2.24, 2.45) is 5.41 Å². The topological polar surface area (TPSA) is 71.5 Å². The molecule has 2 aromatic carbocycles. The molecule has 166 valence electrons. The predicted molar refractivity (Wildman–Crippen MR) is 126 cm³/mol. The van der Waals surface area contributed by atoms with Gasteiger partial charge in [-0.15, -0.1) is 0 Å². The summed E-state index contributed by atoms with van der Waals surface area (Å²) in [5, 5.41) is 4.02.